The second-order valence-electron chi connectivity index (χ2n) is 5.44. The van der Waals surface area contributed by atoms with E-state index in [2.05, 4.69) is 5.32 Å². The Bertz CT molecular complexity index is 950. The van der Waals surface area contributed by atoms with E-state index in [0.29, 0.717) is 11.4 Å². The number of fused-ring (bicyclic) bond motifs is 2. The molecule has 24 heavy (non-hydrogen) atoms. The summed E-state index contributed by atoms with van der Waals surface area (Å²) in [6.45, 7) is 0. The third-order valence-corrected chi connectivity index (χ3v) is 4.99. The SMILES string of the molecule is O=C1CSc2ccccc2N1C(=O)Nc1cccc2ccccc12. The van der Waals surface area contributed by atoms with Crippen LogP contribution in [0, 0.1) is 0 Å². The standard InChI is InChI=1S/C19H14N2O2S/c22-18-12-24-17-11-4-3-10-16(17)21(18)19(23)20-15-9-5-7-13-6-1-2-8-14(13)15/h1-11H,12H2,(H,20,23). The van der Waals surface area contributed by atoms with Crippen molar-refractivity contribution in [2.75, 3.05) is 16.0 Å². The van der Waals surface area contributed by atoms with Crippen LogP contribution in [0.25, 0.3) is 10.8 Å². The topological polar surface area (TPSA) is 49.4 Å². The molecule has 0 aromatic heterocycles. The molecule has 1 heterocycles. The van der Waals surface area contributed by atoms with E-state index in [-0.39, 0.29) is 11.7 Å². The minimum Gasteiger partial charge on any atom is -0.307 e. The Balaban J connectivity index is 1.70. The number of carbonyl (C=O) groups excluding carboxylic acids is 2. The summed E-state index contributed by atoms with van der Waals surface area (Å²) >= 11 is 1.46. The fourth-order valence-corrected chi connectivity index (χ4v) is 3.72. The van der Waals surface area contributed by atoms with Crippen molar-refractivity contribution in [3.05, 3.63) is 66.7 Å². The molecule has 0 atom stereocenters. The van der Waals surface area contributed by atoms with E-state index in [1.54, 1.807) is 6.07 Å². The first kappa shape index (κ1) is 14.8. The van der Waals surface area contributed by atoms with Gasteiger partial charge in [-0.1, -0.05) is 48.5 Å². The number of carbonyl (C=O) groups is 2. The first-order chi connectivity index (χ1) is 11.7. The lowest BCUT2D eigenvalue weighted by Crippen LogP contribution is -2.43. The number of imide groups is 1. The van der Waals surface area contributed by atoms with Crippen LogP contribution in [-0.2, 0) is 4.79 Å². The number of nitrogens with zero attached hydrogens (tertiary/aromatic N) is 1. The number of thioether (sulfide) groups is 1. The number of amides is 3. The highest BCUT2D eigenvalue weighted by molar-refractivity contribution is 8.00. The summed E-state index contributed by atoms with van der Waals surface area (Å²) in [5.74, 6) is 0.0522. The number of benzene rings is 3. The van der Waals surface area contributed by atoms with Gasteiger partial charge in [-0.25, -0.2) is 9.69 Å². The zero-order valence-electron chi connectivity index (χ0n) is 12.7. The van der Waals surface area contributed by atoms with Gasteiger partial charge < -0.3 is 5.32 Å². The Morgan fingerprint density at radius 3 is 2.62 bits per heavy atom. The maximum absolute atomic E-state index is 12.8. The quantitative estimate of drug-likeness (QED) is 0.712. The molecule has 3 aromatic carbocycles. The van der Waals surface area contributed by atoms with Crippen molar-refractivity contribution in [2.45, 2.75) is 4.90 Å². The zero-order chi connectivity index (χ0) is 16.5. The second-order valence-corrected chi connectivity index (χ2v) is 6.46. The molecule has 118 valence electrons. The molecule has 1 aliphatic rings. The molecule has 4 nitrogen and oxygen atoms in total. The third-order valence-electron chi connectivity index (χ3n) is 3.94. The molecular weight excluding hydrogens is 320 g/mol. The summed E-state index contributed by atoms with van der Waals surface area (Å²) in [6, 6.07) is 20.6. The summed E-state index contributed by atoms with van der Waals surface area (Å²) in [6.07, 6.45) is 0. The van der Waals surface area contributed by atoms with Crippen molar-refractivity contribution in [2.24, 2.45) is 0 Å². The molecule has 0 aliphatic carbocycles. The minimum atomic E-state index is -0.427. The van der Waals surface area contributed by atoms with Crippen LogP contribution in [0.5, 0.6) is 0 Å². The van der Waals surface area contributed by atoms with Crippen LogP contribution < -0.4 is 10.2 Å². The van der Waals surface area contributed by atoms with Crippen molar-refractivity contribution in [1.29, 1.82) is 0 Å². The number of rotatable bonds is 1. The van der Waals surface area contributed by atoms with Crippen molar-refractivity contribution in [1.82, 2.24) is 0 Å². The van der Waals surface area contributed by atoms with E-state index in [9.17, 15) is 9.59 Å². The Hall–Kier alpha value is -2.79. The lowest BCUT2D eigenvalue weighted by molar-refractivity contribution is -0.115. The first-order valence-corrected chi connectivity index (χ1v) is 8.56. The molecule has 4 rings (SSSR count). The molecule has 1 aliphatic heterocycles. The molecule has 3 aromatic rings. The zero-order valence-corrected chi connectivity index (χ0v) is 13.5. The van der Waals surface area contributed by atoms with Crippen molar-refractivity contribution < 1.29 is 9.59 Å². The fraction of sp³-hybridized carbons (Fsp3) is 0.0526. The third kappa shape index (κ3) is 2.53. The van der Waals surface area contributed by atoms with E-state index in [1.807, 2.05) is 60.7 Å². The Labute approximate surface area is 143 Å². The largest absolute Gasteiger partial charge is 0.333 e. The van der Waals surface area contributed by atoms with Gasteiger partial charge in [0.1, 0.15) is 0 Å². The number of para-hydroxylation sites is 1. The average Bonchev–Trinajstić information content (AvgIpc) is 2.62. The molecule has 0 spiro atoms. The smallest absolute Gasteiger partial charge is 0.307 e. The molecule has 1 N–H and O–H groups in total. The number of hydrogen-bond acceptors (Lipinski definition) is 3. The van der Waals surface area contributed by atoms with E-state index in [1.165, 1.54) is 16.7 Å². The predicted molar refractivity (Wildman–Crippen MR) is 97.6 cm³/mol. The Morgan fingerprint density at radius 1 is 0.958 bits per heavy atom. The molecule has 0 bridgehead atoms. The molecule has 3 amide bonds. The van der Waals surface area contributed by atoms with Crippen LogP contribution in [0.2, 0.25) is 0 Å². The predicted octanol–water partition coefficient (Wildman–Crippen LogP) is 4.51. The number of anilines is 2. The highest BCUT2D eigenvalue weighted by Crippen LogP contribution is 2.35. The average molecular weight is 334 g/mol. The molecule has 0 saturated carbocycles. The van der Waals surface area contributed by atoms with E-state index in [0.717, 1.165) is 15.7 Å². The normalized spacial score (nSPS) is 13.7. The van der Waals surface area contributed by atoms with Gasteiger partial charge >= 0.3 is 6.03 Å². The van der Waals surface area contributed by atoms with Crippen molar-refractivity contribution in [3.8, 4) is 0 Å². The lowest BCUT2D eigenvalue weighted by atomic mass is 10.1. The molecule has 0 radical (unpaired) electrons. The van der Waals surface area contributed by atoms with Gasteiger partial charge in [-0.15, -0.1) is 11.8 Å². The van der Waals surface area contributed by atoms with Crippen LogP contribution in [0.4, 0.5) is 16.2 Å². The lowest BCUT2D eigenvalue weighted by Gasteiger charge is -2.27. The summed E-state index contributed by atoms with van der Waals surface area (Å²) in [7, 11) is 0. The van der Waals surface area contributed by atoms with Gasteiger partial charge in [0.2, 0.25) is 5.91 Å². The summed E-state index contributed by atoms with van der Waals surface area (Å²) in [5.41, 5.74) is 1.33. The monoisotopic (exact) mass is 334 g/mol. The van der Waals surface area contributed by atoms with Gasteiger partial charge in [-0.3, -0.25) is 4.79 Å². The van der Waals surface area contributed by atoms with E-state index in [4.69, 9.17) is 0 Å². The molecule has 0 saturated heterocycles. The van der Waals surface area contributed by atoms with Crippen molar-refractivity contribution >= 4 is 45.8 Å². The second kappa shape index (κ2) is 6.02. The van der Waals surface area contributed by atoms with Gasteiger partial charge in [-0.2, -0.15) is 0 Å². The summed E-state index contributed by atoms with van der Waals surface area (Å²) < 4.78 is 0. The molecule has 0 fully saturated rings. The maximum atomic E-state index is 12.8. The van der Waals surface area contributed by atoms with Crippen molar-refractivity contribution in [3.63, 3.8) is 0 Å². The van der Waals surface area contributed by atoms with Gasteiger partial charge in [0.25, 0.3) is 0 Å². The van der Waals surface area contributed by atoms with Gasteiger partial charge in [0, 0.05) is 10.3 Å². The molecule has 0 unspecified atom stereocenters. The molecular formula is C19H14N2O2S. The van der Waals surface area contributed by atoms with Crippen LogP contribution in [-0.4, -0.2) is 17.7 Å². The van der Waals surface area contributed by atoms with Gasteiger partial charge in [-0.05, 0) is 23.6 Å². The number of urea groups is 1. The number of hydrogen-bond donors (Lipinski definition) is 1. The highest BCUT2D eigenvalue weighted by atomic mass is 32.2. The van der Waals surface area contributed by atoms with E-state index >= 15 is 0 Å². The Kier molecular flexibility index (Phi) is 3.70. The number of nitrogens with one attached hydrogen (secondary N) is 1. The summed E-state index contributed by atoms with van der Waals surface area (Å²) in [4.78, 5) is 27.2. The van der Waals surface area contributed by atoms with Crippen LogP contribution in [0.15, 0.2) is 71.6 Å². The summed E-state index contributed by atoms with van der Waals surface area (Å²) in [5, 5.41) is 4.87. The van der Waals surface area contributed by atoms with Crippen LogP contribution in [0.3, 0.4) is 0 Å². The molecule has 5 heteroatoms. The maximum Gasteiger partial charge on any atom is 0.333 e. The minimum absolute atomic E-state index is 0.212. The van der Waals surface area contributed by atoms with Crippen LogP contribution in [0.1, 0.15) is 0 Å². The fourth-order valence-electron chi connectivity index (χ4n) is 2.83. The highest BCUT2D eigenvalue weighted by Gasteiger charge is 2.30. The van der Waals surface area contributed by atoms with Gasteiger partial charge in [0.15, 0.2) is 0 Å². The van der Waals surface area contributed by atoms with Crippen LogP contribution >= 0.6 is 11.8 Å². The Morgan fingerprint density at radius 2 is 1.71 bits per heavy atom. The first-order valence-electron chi connectivity index (χ1n) is 7.57. The van der Waals surface area contributed by atoms with Gasteiger partial charge in [0.05, 0.1) is 17.1 Å². The van der Waals surface area contributed by atoms with E-state index < -0.39 is 6.03 Å².